The fourth-order valence-corrected chi connectivity index (χ4v) is 3.24. The molecule has 5 nitrogen and oxygen atoms in total. The van der Waals surface area contributed by atoms with Gasteiger partial charge in [-0.3, -0.25) is 0 Å². The molecule has 0 aliphatic carbocycles. The van der Waals surface area contributed by atoms with Gasteiger partial charge in [0.05, 0.1) is 6.07 Å². The molecule has 1 fully saturated rings. The summed E-state index contributed by atoms with van der Waals surface area (Å²) in [4.78, 5) is 2.11. The van der Waals surface area contributed by atoms with Crippen LogP contribution in [0.5, 0.6) is 0 Å². The minimum Gasteiger partial charge on any atom is -0.369 e. The van der Waals surface area contributed by atoms with Crippen molar-refractivity contribution in [2.24, 2.45) is 0 Å². The maximum absolute atomic E-state index is 11.7. The van der Waals surface area contributed by atoms with Crippen molar-refractivity contribution >= 4 is 27.3 Å². The van der Waals surface area contributed by atoms with Crippen LogP contribution in [0.3, 0.4) is 0 Å². The highest BCUT2D eigenvalue weighted by atomic mass is 35.5. The molecule has 1 heterocycles. The number of halogens is 1. The number of hydrogen-bond donors (Lipinski definition) is 0. The van der Waals surface area contributed by atoms with Gasteiger partial charge < -0.3 is 4.90 Å². The Kier molecular flexibility index (Phi) is 4.30. The zero-order chi connectivity index (χ0) is 13.9. The van der Waals surface area contributed by atoms with Crippen LogP contribution in [-0.2, 0) is 10.0 Å². The van der Waals surface area contributed by atoms with Gasteiger partial charge >= 0.3 is 0 Å². The average molecular weight is 300 g/mol. The van der Waals surface area contributed by atoms with E-state index < -0.39 is 15.8 Å². The predicted octanol–water partition coefficient (Wildman–Crippen LogP) is 1.32. The van der Waals surface area contributed by atoms with Crippen molar-refractivity contribution in [1.29, 1.82) is 5.26 Å². The summed E-state index contributed by atoms with van der Waals surface area (Å²) in [7, 11) is -3.42. The second-order valence-corrected chi connectivity index (χ2v) is 6.68. The summed E-state index contributed by atoms with van der Waals surface area (Å²) in [6.07, 6.45) is 0. The molecule has 1 aliphatic rings. The molecule has 0 amide bonds. The van der Waals surface area contributed by atoms with Gasteiger partial charge in [0, 0.05) is 36.9 Å². The SMILES string of the molecule is N#CCS(=O)(=O)N1CCN(c2ccc(Cl)cc2)CC1. The quantitative estimate of drug-likeness (QED) is 0.844. The minimum absolute atomic E-state index is 0.409. The van der Waals surface area contributed by atoms with Gasteiger partial charge in [-0.2, -0.15) is 9.57 Å². The lowest BCUT2D eigenvalue weighted by atomic mass is 10.2. The Balaban J connectivity index is 2.00. The van der Waals surface area contributed by atoms with Crippen molar-refractivity contribution in [3.8, 4) is 6.07 Å². The molecule has 0 N–H and O–H groups in total. The van der Waals surface area contributed by atoms with Crippen molar-refractivity contribution < 1.29 is 8.42 Å². The Hall–Kier alpha value is -1.29. The number of sulfonamides is 1. The normalized spacial score (nSPS) is 17.2. The molecule has 0 radical (unpaired) electrons. The third kappa shape index (κ3) is 3.38. The number of piperazine rings is 1. The maximum atomic E-state index is 11.7. The van der Waals surface area contributed by atoms with E-state index in [0.717, 1.165) is 5.69 Å². The van der Waals surface area contributed by atoms with Crippen molar-refractivity contribution in [3.63, 3.8) is 0 Å². The molecule has 2 rings (SSSR count). The highest BCUT2D eigenvalue weighted by Crippen LogP contribution is 2.20. The third-order valence-corrected chi connectivity index (χ3v) is 4.97. The van der Waals surface area contributed by atoms with Crippen LogP contribution in [0.1, 0.15) is 0 Å². The van der Waals surface area contributed by atoms with Crippen molar-refractivity contribution in [2.45, 2.75) is 0 Å². The second kappa shape index (κ2) is 5.78. The molecule has 1 aromatic rings. The van der Waals surface area contributed by atoms with Crippen LogP contribution in [0.25, 0.3) is 0 Å². The molecular weight excluding hydrogens is 286 g/mol. The molecule has 102 valence electrons. The highest BCUT2D eigenvalue weighted by molar-refractivity contribution is 7.89. The summed E-state index contributed by atoms with van der Waals surface area (Å²) in [5.74, 6) is -0.450. The first-order valence-electron chi connectivity index (χ1n) is 5.88. The first-order chi connectivity index (χ1) is 9.03. The Labute approximate surface area is 118 Å². The minimum atomic E-state index is -3.42. The highest BCUT2D eigenvalue weighted by Gasteiger charge is 2.26. The molecule has 0 spiro atoms. The van der Waals surface area contributed by atoms with Crippen LogP contribution in [0, 0.1) is 11.3 Å². The molecule has 1 aromatic carbocycles. The van der Waals surface area contributed by atoms with Crippen molar-refractivity contribution in [1.82, 2.24) is 4.31 Å². The van der Waals surface area contributed by atoms with E-state index >= 15 is 0 Å². The van der Waals surface area contributed by atoms with E-state index in [1.807, 2.05) is 24.3 Å². The van der Waals surface area contributed by atoms with Gasteiger partial charge in [0.2, 0.25) is 10.0 Å². The van der Waals surface area contributed by atoms with Crippen LogP contribution in [0.4, 0.5) is 5.69 Å². The van der Waals surface area contributed by atoms with E-state index in [4.69, 9.17) is 16.9 Å². The number of hydrogen-bond acceptors (Lipinski definition) is 4. The van der Waals surface area contributed by atoms with Gasteiger partial charge in [-0.25, -0.2) is 8.42 Å². The van der Waals surface area contributed by atoms with E-state index in [1.54, 1.807) is 6.07 Å². The van der Waals surface area contributed by atoms with E-state index in [-0.39, 0.29) is 0 Å². The van der Waals surface area contributed by atoms with Crippen LogP contribution in [0.2, 0.25) is 5.02 Å². The third-order valence-electron chi connectivity index (χ3n) is 3.07. The second-order valence-electron chi connectivity index (χ2n) is 4.28. The zero-order valence-corrected chi connectivity index (χ0v) is 11.9. The largest absolute Gasteiger partial charge is 0.369 e. The fraction of sp³-hybridized carbons (Fsp3) is 0.417. The van der Waals surface area contributed by atoms with E-state index in [0.29, 0.717) is 31.2 Å². The van der Waals surface area contributed by atoms with E-state index in [1.165, 1.54) is 4.31 Å². The van der Waals surface area contributed by atoms with Crippen molar-refractivity contribution in [3.05, 3.63) is 29.3 Å². The first-order valence-corrected chi connectivity index (χ1v) is 7.87. The number of nitriles is 1. The fourth-order valence-electron chi connectivity index (χ4n) is 2.05. The Morgan fingerprint density at radius 1 is 1.16 bits per heavy atom. The van der Waals surface area contributed by atoms with Gasteiger partial charge in [-0.05, 0) is 24.3 Å². The predicted molar refractivity (Wildman–Crippen MR) is 74.6 cm³/mol. The average Bonchev–Trinajstić information content (AvgIpc) is 2.40. The number of nitrogens with zero attached hydrogens (tertiary/aromatic N) is 3. The van der Waals surface area contributed by atoms with Crippen LogP contribution < -0.4 is 4.90 Å². The van der Waals surface area contributed by atoms with Gasteiger partial charge in [-0.15, -0.1) is 0 Å². The topological polar surface area (TPSA) is 64.4 Å². The van der Waals surface area contributed by atoms with Gasteiger partial charge in [-0.1, -0.05) is 11.6 Å². The van der Waals surface area contributed by atoms with Crippen LogP contribution in [0.15, 0.2) is 24.3 Å². The standard InChI is InChI=1S/C12H14ClN3O2S/c13-11-1-3-12(4-2-11)15-6-8-16(9-7-15)19(17,18)10-5-14/h1-4H,6-10H2. The van der Waals surface area contributed by atoms with Gasteiger partial charge in [0.25, 0.3) is 0 Å². The van der Waals surface area contributed by atoms with E-state index in [9.17, 15) is 8.42 Å². The van der Waals surface area contributed by atoms with Crippen molar-refractivity contribution in [2.75, 3.05) is 36.8 Å². The van der Waals surface area contributed by atoms with Crippen LogP contribution in [-0.4, -0.2) is 44.7 Å². The summed E-state index contributed by atoms with van der Waals surface area (Å²) in [6.45, 7) is 2.05. The number of benzene rings is 1. The van der Waals surface area contributed by atoms with Crippen LogP contribution >= 0.6 is 11.6 Å². The summed E-state index contributed by atoms with van der Waals surface area (Å²) in [5, 5.41) is 9.19. The molecule has 7 heteroatoms. The molecular formula is C12H14ClN3O2S. The lowest BCUT2D eigenvalue weighted by Gasteiger charge is -2.35. The summed E-state index contributed by atoms with van der Waals surface area (Å²) >= 11 is 5.83. The van der Waals surface area contributed by atoms with Gasteiger partial charge in [0.1, 0.15) is 0 Å². The molecule has 0 aromatic heterocycles. The summed E-state index contributed by atoms with van der Waals surface area (Å²) in [6, 6.07) is 9.16. The molecule has 1 aliphatic heterocycles. The molecule has 1 saturated heterocycles. The Morgan fingerprint density at radius 3 is 2.26 bits per heavy atom. The monoisotopic (exact) mass is 299 g/mol. The maximum Gasteiger partial charge on any atom is 0.227 e. The lowest BCUT2D eigenvalue weighted by molar-refractivity contribution is 0.386. The Morgan fingerprint density at radius 2 is 1.74 bits per heavy atom. The lowest BCUT2D eigenvalue weighted by Crippen LogP contribution is -2.49. The first kappa shape index (κ1) is 14.1. The Bertz CT molecular complexity index is 572. The molecule has 19 heavy (non-hydrogen) atoms. The molecule has 0 bridgehead atoms. The molecule has 0 unspecified atom stereocenters. The number of anilines is 1. The smallest absolute Gasteiger partial charge is 0.227 e. The summed E-state index contributed by atoms with van der Waals surface area (Å²) in [5.41, 5.74) is 1.03. The zero-order valence-electron chi connectivity index (χ0n) is 10.3. The molecule has 0 atom stereocenters. The summed E-state index contributed by atoms with van der Waals surface area (Å²) < 4.78 is 24.9. The van der Waals surface area contributed by atoms with Gasteiger partial charge in [0.15, 0.2) is 5.75 Å². The molecule has 0 saturated carbocycles. The van der Waals surface area contributed by atoms with E-state index in [2.05, 4.69) is 4.90 Å². The number of rotatable bonds is 3.